The Kier molecular flexibility index (Phi) is 3.12. The molecule has 0 radical (unpaired) electrons. The van der Waals surface area contributed by atoms with E-state index in [-0.39, 0.29) is 5.56 Å². The highest BCUT2D eigenvalue weighted by Gasteiger charge is 2.06. The SMILES string of the molecule is Cc1ccc(-c2cc3cc(CN)ccc3[nH]c2=O)cc1. The summed E-state index contributed by atoms with van der Waals surface area (Å²) in [5, 5.41) is 1.00. The van der Waals surface area contributed by atoms with E-state index in [1.54, 1.807) is 0 Å². The van der Waals surface area contributed by atoms with E-state index in [1.165, 1.54) is 5.56 Å². The van der Waals surface area contributed by atoms with Gasteiger partial charge in [-0.1, -0.05) is 35.9 Å². The van der Waals surface area contributed by atoms with Crippen molar-refractivity contribution in [1.29, 1.82) is 0 Å². The van der Waals surface area contributed by atoms with Gasteiger partial charge in [0.05, 0.1) is 0 Å². The van der Waals surface area contributed by atoms with Gasteiger partial charge in [-0.2, -0.15) is 0 Å². The Balaban J connectivity index is 2.22. The lowest BCUT2D eigenvalue weighted by Gasteiger charge is -2.05. The number of aromatic amines is 1. The number of rotatable bonds is 2. The van der Waals surface area contributed by atoms with Crippen molar-refractivity contribution in [3.05, 3.63) is 70.0 Å². The normalized spacial score (nSPS) is 10.9. The molecule has 3 rings (SSSR count). The van der Waals surface area contributed by atoms with Gasteiger partial charge in [-0.15, -0.1) is 0 Å². The topological polar surface area (TPSA) is 58.9 Å². The van der Waals surface area contributed by atoms with Crippen LogP contribution in [0.5, 0.6) is 0 Å². The van der Waals surface area contributed by atoms with Crippen LogP contribution in [0.15, 0.2) is 53.3 Å². The first-order valence-electron chi connectivity index (χ1n) is 6.60. The van der Waals surface area contributed by atoms with E-state index >= 15 is 0 Å². The number of hydrogen-bond donors (Lipinski definition) is 2. The lowest BCUT2D eigenvalue weighted by atomic mass is 10.0. The standard InChI is InChI=1S/C17H16N2O/c1-11-2-5-13(6-3-11)15-9-14-8-12(10-18)4-7-16(14)19-17(15)20/h2-9H,10,18H2,1H3,(H,19,20). The first-order chi connectivity index (χ1) is 9.67. The molecule has 0 aliphatic rings. The average molecular weight is 264 g/mol. The zero-order valence-electron chi connectivity index (χ0n) is 11.3. The molecular formula is C17H16N2O. The smallest absolute Gasteiger partial charge is 0.256 e. The minimum Gasteiger partial charge on any atom is -0.326 e. The van der Waals surface area contributed by atoms with E-state index in [4.69, 9.17) is 5.73 Å². The van der Waals surface area contributed by atoms with Crippen LogP contribution >= 0.6 is 0 Å². The molecule has 0 bridgehead atoms. The fourth-order valence-electron chi connectivity index (χ4n) is 2.33. The third-order valence-electron chi connectivity index (χ3n) is 3.51. The van der Waals surface area contributed by atoms with Gasteiger partial charge >= 0.3 is 0 Å². The zero-order valence-corrected chi connectivity index (χ0v) is 11.3. The Morgan fingerprint density at radius 3 is 2.50 bits per heavy atom. The van der Waals surface area contributed by atoms with E-state index < -0.39 is 0 Å². The summed E-state index contributed by atoms with van der Waals surface area (Å²) in [7, 11) is 0. The summed E-state index contributed by atoms with van der Waals surface area (Å²) in [6.07, 6.45) is 0. The summed E-state index contributed by atoms with van der Waals surface area (Å²) in [6, 6.07) is 15.7. The van der Waals surface area contributed by atoms with Crippen LogP contribution in [-0.4, -0.2) is 4.98 Å². The Morgan fingerprint density at radius 1 is 1.05 bits per heavy atom. The number of hydrogen-bond acceptors (Lipinski definition) is 2. The van der Waals surface area contributed by atoms with Crippen LogP contribution in [-0.2, 0) is 6.54 Å². The Bertz CT molecular complexity index is 817. The maximum Gasteiger partial charge on any atom is 0.256 e. The summed E-state index contributed by atoms with van der Waals surface area (Å²) in [4.78, 5) is 15.1. The highest BCUT2D eigenvalue weighted by molar-refractivity contribution is 5.84. The quantitative estimate of drug-likeness (QED) is 0.747. The minimum atomic E-state index is -0.0677. The predicted molar refractivity (Wildman–Crippen MR) is 82.6 cm³/mol. The first-order valence-corrected chi connectivity index (χ1v) is 6.60. The van der Waals surface area contributed by atoms with Crippen LogP contribution in [0.4, 0.5) is 0 Å². The Labute approximate surface area is 117 Å². The average Bonchev–Trinajstić information content (AvgIpc) is 2.47. The summed E-state index contributed by atoms with van der Waals surface area (Å²) in [6.45, 7) is 2.52. The number of benzene rings is 2. The molecule has 0 fully saturated rings. The number of pyridine rings is 1. The molecule has 0 unspecified atom stereocenters. The van der Waals surface area contributed by atoms with Gasteiger partial charge in [0, 0.05) is 17.6 Å². The molecule has 3 heteroatoms. The molecule has 0 saturated carbocycles. The highest BCUT2D eigenvalue weighted by Crippen LogP contribution is 2.20. The van der Waals surface area contributed by atoms with Crippen LogP contribution in [0.2, 0.25) is 0 Å². The summed E-state index contributed by atoms with van der Waals surface area (Å²) >= 11 is 0. The molecule has 20 heavy (non-hydrogen) atoms. The molecule has 3 aromatic rings. The summed E-state index contributed by atoms with van der Waals surface area (Å²) in [5.74, 6) is 0. The van der Waals surface area contributed by atoms with Crippen LogP contribution in [0.1, 0.15) is 11.1 Å². The first kappa shape index (κ1) is 12.6. The molecule has 0 spiro atoms. The Morgan fingerprint density at radius 2 is 1.80 bits per heavy atom. The Hall–Kier alpha value is -2.39. The maximum absolute atomic E-state index is 12.2. The van der Waals surface area contributed by atoms with Crippen molar-refractivity contribution in [2.75, 3.05) is 0 Å². The molecule has 2 aromatic carbocycles. The van der Waals surface area contributed by atoms with E-state index in [2.05, 4.69) is 4.98 Å². The molecule has 0 aliphatic heterocycles. The minimum absolute atomic E-state index is 0.0677. The summed E-state index contributed by atoms with van der Waals surface area (Å²) < 4.78 is 0. The van der Waals surface area contributed by atoms with Gasteiger partial charge in [-0.05, 0) is 41.6 Å². The van der Waals surface area contributed by atoms with Crippen LogP contribution in [0.25, 0.3) is 22.0 Å². The largest absolute Gasteiger partial charge is 0.326 e. The van der Waals surface area contributed by atoms with Crippen molar-refractivity contribution in [3.63, 3.8) is 0 Å². The third-order valence-corrected chi connectivity index (χ3v) is 3.51. The molecule has 1 aromatic heterocycles. The second-order valence-corrected chi connectivity index (χ2v) is 5.00. The van der Waals surface area contributed by atoms with Gasteiger partial charge in [0.2, 0.25) is 0 Å². The second kappa shape index (κ2) is 4.94. The van der Waals surface area contributed by atoms with Crippen molar-refractivity contribution in [2.24, 2.45) is 5.73 Å². The lowest BCUT2D eigenvalue weighted by Crippen LogP contribution is -2.09. The van der Waals surface area contributed by atoms with E-state index in [0.717, 1.165) is 22.0 Å². The number of nitrogens with two attached hydrogens (primary N) is 1. The lowest BCUT2D eigenvalue weighted by molar-refractivity contribution is 1.07. The van der Waals surface area contributed by atoms with E-state index in [9.17, 15) is 4.79 Å². The number of aromatic nitrogens is 1. The monoisotopic (exact) mass is 264 g/mol. The number of nitrogens with one attached hydrogen (secondary N) is 1. The van der Waals surface area contributed by atoms with Gasteiger partial charge < -0.3 is 10.7 Å². The van der Waals surface area contributed by atoms with Crippen molar-refractivity contribution in [1.82, 2.24) is 4.98 Å². The van der Waals surface area contributed by atoms with Gasteiger partial charge in [-0.3, -0.25) is 4.79 Å². The van der Waals surface area contributed by atoms with Crippen molar-refractivity contribution in [3.8, 4) is 11.1 Å². The molecule has 3 nitrogen and oxygen atoms in total. The molecule has 1 heterocycles. The van der Waals surface area contributed by atoms with Crippen LogP contribution < -0.4 is 11.3 Å². The van der Waals surface area contributed by atoms with Gasteiger partial charge in [0.15, 0.2) is 0 Å². The predicted octanol–water partition coefficient (Wildman–Crippen LogP) is 2.96. The molecule has 3 N–H and O–H groups in total. The second-order valence-electron chi connectivity index (χ2n) is 5.00. The highest BCUT2D eigenvalue weighted by atomic mass is 16.1. The van der Waals surface area contributed by atoms with Crippen LogP contribution in [0, 0.1) is 6.92 Å². The summed E-state index contributed by atoms with van der Waals surface area (Å²) in [5.41, 5.74) is 10.3. The van der Waals surface area contributed by atoms with Gasteiger partial charge in [0.1, 0.15) is 0 Å². The molecular weight excluding hydrogens is 248 g/mol. The maximum atomic E-state index is 12.2. The fraction of sp³-hybridized carbons (Fsp3) is 0.118. The van der Waals surface area contributed by atoms with Gasteiger partial charge in [0.25, 0.3) is 5.56 Å². The molecule has 100 valence electrons. The van der Waals surface area contributed by atoms with E-state index in [0.29, 0.717) is 12.1 Å². The van der Waals surface area contributed by atoms with Gasteiger partial charge in [-0.25, -0.2) is 0 Å². The number of aryl methyl sites for hydroxylation is 1. The number of H-pyrrole nitrogens is 1. The zero-order chi connectivity index (χ0) is 14.1. The molecule has 0 atom stereocenters. The van der Waals surface area contributed by atoms with Crippen molar-refractivity contribution >= 4 is 10.9 Å². The van der Waals surface area contributed by atoms with Crippen LogP contribution in [0.3, 0.4) is 0 Å². The van der Waals surface area contributed by atoms with E-state index in [1.807, 2.05) is 55.5 Å². The third kappa shape index (κ3) is 2.24. The molecule has 0 aliphatic carbocycles. The molecule has 0 amide bonds. The van der Waals surface area contributed by atoms with Crippen molar-refractivity contribution in [2.45, 2.75) is 13.5 Å². The van der Waals surface area contributed by atoms with Crippen molar-refractivity contribution < 1.29 is 0 Å². The molecule has 0 saturated heterocycles. The number of fused-ring (bicyclic) bond motifs is 1. The fourth-order valence-corrected chi connectivity index (χ4v) is 2.33.